The molecular weight excluding hydrogens is 170 g/mol. The molecule has 1 nitrogen and oxygen atoms in total. The molecule has 0 aliphatic carbocycles. The Morgan fingerprint density at radius 1 is 0.786 bits per heavy atom. The van der Waals surface area contributed by atoms with Crippen LogP contribution < -0.4 is 4.90 Å². The Morgan fingerprint density at radius 2 is 1.21 bits per heavy atom. The molecule has 0 atom stereocenters. The number of hydrogen-bond donors (Lipinski definition) is 0. The van der Waals surface area contributed by atoms with Gasteiger partial charge in [0.15, 0.2) is 0 Å². The van der Waals surface area contributed by atoms with Crippen molar-refractivity contribution >= 4 is 11.4 Å². The predicted molar refractivity (Wildman–Crippen MR) is 60.9 cm³/mol. The van der Waals surface area contributed by atoms with E-state index in [2.05, 4.69) is 0 Å². The van der Waals surface area contributed by atoms with Crippen molar-refractivity contribution in [1.82, 2.24) is 0 Å². The lowest BCUT2D eigenvalue weighted by Crippen LogP contribution is -2.08. The zero-order chi connectivity index (χ0) is 12.3. The fourth-order valence-corrected chi connectivity index (χ4v) is 1.30. The quantitative estimate of drug-likeness (QED) is 0.694. The summed E-state index contributed by atoms with van der Waals surface area (Å²) in [5, 5.41) is 0. The van der Waals surface area contributed by atoms with Crippen molar-refractivity contribution in [1.29, 1.82) is 0 Å². The minimum absolute atomic E-state index is 0.665. The number of nitrogens with zero attached hydrogens (tertiary/aromatic N) is 1. The number of benzene rings is 2. The van der Waals surface area contributed by atoms with Crippen LogP contribution in [0.4, 0.5) is 11.4 Å². The van der Waals surface area contributed by atoms with E-state index in [0.29, 0.717) is 11.4 Å². The molecule has 0 heterocycles. The van der Waals surface area contributed by atoms with Crippen molar-refractivity contribution in [3.63, 3.8) is 0 Å². The molecule has 0 saturated heterocycles. The van der Waals surface area contributed by atoms with Crippen LogP contribution in [0.3, 0.4) is 0 Å². The fourth-order valence-electron chi connectivity index (χ4n) is 1.30. The van der Waals surface area contributed by atoms with Gasteiger partial charge < -0.3 is 4.90 Å². The molecule has 2 rings (SSSR count). The smallest absolute Gasteiger partial charge is 0.0461 e. The van der Waals surface area contributed by atoms with E-state index in [9.17, 15) is 0 Å². The Balaban J connectivity index is 2.48. The van der Waals surface area contributed by atoms with Gasteiger partial charge in [0.25, 0.3) is 0 Å². The first-order chi connectivity index (χ1) is 8.09. The molecule has 0 aromatic heterocycles. The lowest BCUT2D eigenvalue weighted by Gasteiger charge is -2.18. The Labute approximate surface area is 88.8 Å². The van der Waals surface area contributed by atoms with Crippen LogP contribution in [-0.4, -0.2) is 6.98 Å². The summed E-state index contributed by atoms with van der Waals surface area (Å²) in [4.78, 5) is 1.35. The summed E-state index contributed by atoms with van der Waals surface area (Å²) in [7, 11) is 0. The summed E-state index contributed by atoms with van der Waals surface area (Å²) in [5.74, 6) is 0. The molecule has 0 fully saturated rings. The third kappa shape index (κ3) is 1.77. The molecule has 0 amide bonds. The van der Waals surface area contributed by atoms with E-state index in [1.807, 2.05) is 36.4 Å². The van der Waals surface area contributed by atoms with Crippen LogP contribution in [-0.2, 0) is 0 Å². The summed E-state index contributed by atoms with van der Waals surface area (Å²) in [6.45, 7) is -2.19. The highest BCUT2D eigenvalue weighted by molar-refractivity contribution is 5.61. The molecule has 1 heteroatoms. The van der Waals surface area contributed by atoms with Crippen molar-refractivity contribution in [3.05, 3.63) is 60.7 Å². The highest BCUT2D eigenvalue weighted by Crippen LogP contribution is 2.21. The first-order valence-electron chi connectivity index (χ1n) is 5.99. The van der Waals surface area contributed by atoms with Crippen LogP contribution in [0.5, 0.6) is 0 Å². The number of anilines is 2. The molecule has 14 heavy (non-hydrogen) atoms. The summed E-state index contributed by atoms with van der Waals surface area (Å²) in [6.07, 6.45) is 0. The van der Waals surface area contributed by atoms with Gasteiger partial charge in [-0.05, 0) is 24.3 Å². The van der Waals surface area contributed by atoms with Gasteiger partial charge >= 0.3 is 0 Å². The maximum atomic E-state index is 7.62. The average Bonchev–Trinajstić information content (AvgIpc) is 2.30. The Bertz CT molecular complexity index is 426. The SMILES string of the molecule is [2H]C([2H])([2H])N(c1ccccc1)c1ccccc1. The van der Waals surface area contributed by atoms with E-state index in [-0.39, 0.29) is 0 Å². The topological polar surface area (TPSA) is 3.24 Å². The van der Waals surface area contributed by atoms with E-state index >= 15 is 0 Å². The van der Waals surface area contributed by atoms with Gasteiger partial charge in [0.05, 0.1) is 0 Å². The van der Waals surface area contributed by atoms with Crippen LogP contribution >= 0.6 is 0 Å². The molecule has 0 N–H and O–H groups in total. The molecule has 0 radical (unpaired) electrons. The van der Waals surface area contributed by atoms with Gasteiger partial charge in [0.1, 0.15) is 0 Å². The highest BCUT2D eigenvalue weighted by atomic mass is 15.1. The first-order valence-corrected chi connectivity index (χ1v) is 4.49. The van der Waals surface area contributed by atoms with E-state index in [1.165, 1.54) is 4.90 Å². The van der Waals surface area contributed by atoms with Crippen LogP contribution in [0.2, 0.25) is 0 Å². The van der Waals surface area contributed by atoms with E-state index in [1.54, 1.807) is 24.3 Å². The van der Waals surface area contributed by atoms with E-state index in [4.69, 9.17) is 4.11 Å². The van der Waals surface area contributed by atoms with Crippen molar-refractivity contribution in [2.24, 2.45) is 0 Å². The van der Waals surface area contributed by atoms with Crippen LogP contribution in [0.25, 0.3) is 0 Å². The summed E-state index contributed by atoms with van der Waals surface area (Å²) in [6, 6.07) is 18.2. The molecule has 70 valence electrons. The number of para-hydroxylation sites is 2. The maximum absolute atomic E-state index is 7.62. The van der Waals surface area contributed by atoms with Crippen LogP contribution in [0.15, 0.2) is 60.7 Å². The van der Waals surface area contributed by atoms with Crippen LogP contribution in [0.1, 0.15) is 4.11 Å². The molecule has 2 aromatic rings. The lowest BCUT2D eigenvalue weighted by atomic mass is 10.2. The summed E-state index contributed by atoms with van der Waals surface area (Å²) in [5.41, 5.74) is 1.33. The molecule has 0 aliphatic rings. The molecule has 0 aliphatic heterocycles. The van der Waals surface area contributed by atoms with Gasteiger partial charge in [-0.25, -0.2) is 0 Å². The molecule has 0 spiro atoms. The third-order valence-corrected chi connectivity index (χ3v) is 2.03. The average molecular weight is 186 g/mol. The number of rotatable bonds is 2. The van der Waals surface area contributed by atoms with Crippen LogP contribution in [0, 0.1) is 0 Å². The maximum Gasteiger partial charge on any atom is 0.0461 e. The van der Waals surface area contributed by atoms with Crippen molar-refractivity contribution in [3.8, 4) is 0 Å². The van der Waals surface area contributed by atoms with Gasteiger partial charge in [-0.2, -0.15) is 0 Å². The zero-order valence-corrected chi connectivity index (χ0v) is 7.72. The minimum atomic E-state index is -2.19. The molecule has 0 bridgehead atoms. The highest BCUT2D eigenvalue weighted by Gasteiger charge is 2.00. The van der Waals surface area contributed by atoms with Gasteiger partial charge in [-0.3, -0.25) is 0 Å². The Hall–Kier alpha value is -1.76. The van der Waals surface area contributed by atoms with Gasteiger partial charge in [-0.15, -0.1) is 0 Å². The zero-order valence-electron chi connectivity index (χ0n) is 10.7. The second-order valence-corrected chi connectivity index (χ2v) is 3.01. The predicted octanol–water partition coefficient (Wildman–Crippen LogP) is 3.45. The largest absolute Gasteiger partial charge is 0.345 e. The van der Waals surface area contributed by atoms with E-state index < -0.39 is 6.98 Å². The van der Waals surface area contributed by atoms with E-state index in [0.717, 1.165) is 0 Å². The normalized spacial score (nSPS) is 13.9. The summed E-state index contributed by atoms with van der Waals surface area (Å²) < 4.78 is 22.9. The lowest BCUT2D eigenvalue weighted by molar-refractivity contribution is 1.21. The number of hydrogen-bond acceptors (Lipinski definition) is 1. The molecule has 0 unspecified atom stereocenters. The van der Waals surface area contributed by atoms with Crippen molar-refractivity contribution in [2.45, 2.75) is 0 Å². The Kier molecular flexibility index (Phi) is 1.66. The molecule has 0 saturated carbocycles. The minimum Gasteiger partial charge on any atom is -0.345 e. The Morgan fingerprint density at radius 3 is 1.57 bits per heavy atom. The fraction of sp³-hybridized carbons (Fsp3) is 0.0769. The van der Waals surface area contributed by atoms with Gasteiger partial charge in [0, 0.05) is 22.5 Å². The first kappa shape index (κ1) is 5.86. The van der Waals surface area contributed by atoms with Crippen molar-refractivity contribution in [2.75, 3.05) is 11.9 Å². The van der Waals surface area contributed by atoms with Gasteiger partial charge in [-0.1, -0.05) is 36.4 Å². The van der Waals surface area contributed by atoms with Gasteiger partial charge in [0.2, 0.25) is 0 Å². The third-order valence-electron chi connectivity index (χ3n) is 2.03. The monoisotopic (exact) mass is 186 g/mol. The standard InChI is InChI=1S/C13H13N/c1-14(12-8-4-2-5-9-12)13-10-6-3-7-11-13/h2-11H,1H3/i1D3. The molecule has 2 aromatic carbocycles. The molecular formula is C13H13N. The summed E-state index contributed by atoms with van der Waals surface area (Å²) >= 11 is 0. The second kappa shape index (κ2) is 3.97. The van der Waals surface area contributed by atoms with Crippen molar-refractivity contribution < 1.29 is 4.11 Å². The second-order valence-electron chi connectivity index (χ2n) is 3.01.